The molecular weight excluding hydrogens is 427 g/mol. The lowest BCUT2D eigenvalue weighted by Crippen LogP contribution is -2.62. The lowest BCUT2D eigenvalue weighted by atomic mass is 9.56. The summed E-state index contributed by atoms with van der Waals surface area (Å²) in [5.41, 5.74) is -0.213. The smallest absolute Gasteiger partial charge is 0.107 e. The van der Waals surface area contributed by atoms with E-state index in [4.69, 9.17) is 9.47 Å². The molecule has 4 rings (SSSR count). The Morgan fingerprint density at radius 1 is 1.04 bits per heavy atom. The minimum Gasteiger partial charge on any atom is -0.388 e. The van der Waals surface area contributed by atoms with E-state index in [9.17, 15) is 5.11 Å². The highest BCUT2D eigenvalue weighted by atomic mass is 127. The van der Waals surface area contributed by atoms with Gasteiger partial charge in [-0.05, 0) is 89.4 Å². The highest BCUT2D eigenvalue weighted by Gasteiger charge is 2.59. The molecule has 0 bridgehead atoms. The van der Waals surface area contributed by atoms with Gasteiger partial charge >= 0.3 is 0 Å². The Hall–Kier alpha value is 0.610. The van der Waals surface area contributed by atoms with E-state index in [2.05, 4.69) is 57.2 Å². The molecule has 0 radical (unpaired) electrons. The van der Waals surface area contributed by atoms with Crippen LogP contribution in [0, 0.1) is 29.6 Å². The number of aliphatic hydroxyl groups is 1. The molecule has 2 heterocycles. The third-order valence-corrected chi connectivity index (χ3v) is 8.26. The lowest BCUT2D eigenvalue weighted by Gasteiger charge is -2.59. The Morgan fingerprint density at radius 2 is 1.72 bits per heavy atom. The monoisotopic (exact) mass is 462 g/mol. The van der Waals surface area contributed by atoms with Gasteiger partial charge in [-0.2, -0.15) is 0 Å². The van der Waals surface area contributed by atoms with Gasteiger partial charge in [0.15, 0.2) is 0 Å². The molecule has 4 heteroatoms. The molecule has 4 fully saturated rings. The number of ether oxygens (including phenoxy) is 2. The van der Waals surface area contributed by atoms with Crippen molar-refractivity contribution in [2.24, 2.45) is 29.6 Å². The normalized spacial score (nSPS) is 49.3. The van der Waals surface area contributed by atoms with E-state index < -0.39 is 6.10 Å². The molecular formula is C21H35IO3. The quantitative estimate of drug-likeness (QED) is 0.491. The van der Waals surface area contributed by atoms with Gasteiger partial charge < -0.3 is 14.6 Å². The molecule has 0 amide bonds. The zero-order valence-corrected chi connectivity index (χ0v) is 18.5. The third-order valence-electron chi connectivity index (χ3n) is 7.75. The van der Waals surface area contributed by atoms with Crippen molar-refractivity contribution >= 4 is 22.6 Å². The van der Waals surface area contributed by atoms with Gasteiger partial charge in [-0.15, -0.1) is 0 Å². The summed E-state index contributed by atoms with van der Waals surface area (Å²) in [4.78, 5) is 0. The number of fused-ring (bicyclic) bond motifs is 2. The summed E-state index contributed by atoms with van der Waals surface area (Å²) in [6.45, 7) is 11.2. The molecule has 2 aliphatic heterocycles. The van der Waals surface area contributed by atoms with Crippen molar-refractivity contribution in [2.75, 3.05) is 0 Å². The Bertz CT molecular complexity index is 517. The first-order chi connectivity index (χ1) is 11.6. The van der Waals surface area contributed by atoms with Crippen molar-refractivity contribution in [1.29, 1.82) is 0 Å². The molecule has 3 nitrogen and oxygen atoms in total. The maximum atomic E-state index is 11.4. The van der Waals surface area contributed by atoms with E-state index in [0.717, 1.165) is 18.8 Å². The van der Waals surface area contributed by atoms with E-state index in [1.165, 1.54) is 19.3 Å². The molecule has 9 atom stereocenters. The van der Waals surface area contributed by atoms with Crippen molar-refractivity contribution in [1.82, 2.24) is 0 Å². The zero-order valence-electron chi connectivity index (χ0n) is 16.4. The summed E-state index contributed by atoms with van der Waals surface area (Å²) in [7, 11) is 0. The summed E-state index contributed by atoms with van der Waals surface area (Å²) < 4.78 is 13.6. The molecule has 25 heavy (non-hydrogen) atoms. The number of halogens is 1. The number of hydrogen-bond donors (Lipinski definition) is 1. The second-order valence-electron chi connectivity index (χ2n) is 10.3. The molecule has 0 spiro atoms. The average Bonchev–Trinajstić information content (AvgIpc) is 3.19. The average molecular weight is 462 g/mol. The van der Waals surface area contributed by atoms with Crippen LogP contribution in [0.4, 0.5) is 0 Å². The van der Waals surface area contributed by atoms with Crippen LogP contribution in [0.15, 0.2) is 0 Å². The van der Waals surface area contributed by atoms with E-state index in [1.54, 1.807) is 0 Å². The first-order valence-electron chi connectivity index (χ1n) is 10.3. The summed E-state index contributed by atoms with van der Waals surface area (Å²) in [6.07, 6.45) is 5.36. The third kappa shape index (κ3) is 3.31. The van der Waals surface area contributed by atoms with Crippen molar-refractivity contribution in [3.63, 3.8) is 0 Å². The van der Waals surface area contributed by atoms with E-state index >= 15 is 0 Å². The van der Waals surface area contributed by atoms with Gasteiger partial charge in [-0.25, -0.2) is 0 Å². The van der Waals surface area contributed by atoms with Crippen molar-refractivity contribution in [3.8, 4) is 0 Å². The summed E-state index contributed by atoms with van der Waals surface area (Å²) in [6, 6.07) is 0. The summed E-state index contributed by atoms with van der Waals surface area (Å²) in [5, 5.41) is 11.4. The standard InChI is InChI=1S/C21H35IO3/c1-11(22)8-14-13-6-7-15(13)20(2,3)25-19(14)18(23)17-10-12-9-16(12)21(4,5)24-17/h11-19,23H,6-10H2,1-5H3/t11-,12?,13?,14?,15?,16?,17?,18?,19?/m0/s1. The SMILES string of the molecule is C[C@H](I)CC1C2CCC2C(C)(C)OC1C(O)C1CC2CC2C(C)(C)O1. The van der Waals surface area contributed by atoms with Gasteiger partial charge in [0.1, 0.15) is 6.10 Å². The highest BCUT2D eigenvalue weighted by molar-refractivity contribution is 14.1. The number of aliphatic hydroxyl groups excluding tert-OH is 1. The first-order valence-corrected chi connectivity index (χ1v) is 11.5. The largest absolute Gasteiger partial charge is 0.388 e. The van der Waals surface area contributed by atoms with Gasteiger partial charge in [0.2, 0.25) is 0 Å². The van der Waals surface area contributed by atoms with Crippen LogP contribution in [0.3, 0.4) is 0 Å². The maximum Gasteiger partial charge on any atom is 0.107 e. The second kappa shape index (κ2) is 6.31. The number of rotatable bonds is 4. The van der Waals surface area contributed by atoms with E-state index in [0.29, 0.717) is 27.6 Å². The van der Waals surface area contributed by atoms with Crippen LogP contribution >= 0.6 is 22.6 Å². The van der Waals surface area contributed by atoms with E-state index in [1.807, 2.05) is 0 Å². The second-order valence-corrected chi connectivity index (χ2v) is 12.4. The fourth-order valence-electron chi connectivity index (χ4n) is 6.28. The molecule has 1 N–H and O–H groups in total. The van der Waals surface area contributed by atoms with Gasteiger partial charge in [-0.3, -0.25) is 0 Å². The molecule has 2 saturated carbocycles. The zero-order chi connectivity index (χ0) is 18.1. The van der Waals surface area contributed by atoms with Crippen LogP contribution in [-0.4, -0.2) is 38.5 Å². The molecule has 0 aromatic rings. The van der Waals surface area contributed by atoms with Crippen LogP contribution in [0.2, 0.25) is 0 Å². The fraction of sp³-hybridized carbons (Fsp3) is 1.00. The molecule has 8 unspecified atom stereocenters. The Labute approximate surface area is 166 Å². The maximum absolute atomic E-state index is 11.4. The first kappa shape index (κ1) is 18.9. The Kier molecular flexibility index (Phi) is 4.79. The summed E-state index contributed by atoms with van der Waals surface area (Å²) >= 11 is 2.53. The fourth-order valence-corrected chi connectivity index (χ4v) is 6.87. The van der Waals surface area contributed by atoms with Crippen molar-refractivity contribution in [3.05, 3.63) is 0 Å². The van der Waals surface area contributed by atoms with Crippen molar-refractivity contribution in [2.45, 2.75) is 100 Å². The van der Waals surface area contributed by atoms with Crippen LogP contribution in [0.25, 0.3) is 0 Å². The Balaban J connectivity index is 1.55. The number of alkyl halides is 1. The van der Waals surface area contributed by atoms with Crippen LogP contribution in [0.1, 0.15) is 66.7 Å². The van der Waals surface area contributed by atoms with E-state index in [-0.39, 0.29) is 23.4 Å². The highest BCUT2D eigenvalue weighted by Crippen LogP contribution is 2.58. The van der Waals surface area contributed by atoms with Gasteiger partial charge in [0.25, 0.3) is 0 Å². The van der Waals surface area contributed by atoms with Crippen molar-refractivity contribution < 1.29 is 14.6 Å². The molecule has 0 aromatic heterocycles. The predicted molar refractivity (Wildman–Crippen MR) is 108 cm³/mol. The molecule has 2 aliphatic carbocycles. The molecule has 2 saturated heterocycles. The van der Waals surface area contributed by atoms with Gasteiger partial charge in [-0.1, -0.05) is 29.5 Å². The van der Waals surface area contributed by atoms with Gasteiger partial charge in [0, 0.05) is 3.92 Å². The summed E-state index contributed by atoms with van der Waals surface area (Å²) in [5.74, 6) is 3.29. The van der Waals surface area contributed by atoms with Crippen LogP contribution in [-0.2, 0) is 9.47 Å². The predicted octanol–water partition coefficient (Wildman–Crippen LogP) is 4.58. The topological polar surface area (TPSA) is 38.7 Å². The molecule has 144 valence electrons. The minimum atomic E-state index is -0.498. The molecule has 0 aromatic carbocycles. The van der Waals surface area contributed by atoms with Gasteiger partial charge in [0.05, 0.1) is 23.4 Å². The lowest BCUT2D eigenvalue weighted by molar-refractivity contribution is -0.271. The van der Waals surface area contributed by atoms with Crippen LogP contribution in [0.5, 0.6) is 0 Å². The number of hydrogen-bond acceptors (Lipinski definition) is 3. The molecule has 4 aliphatic rings. The minimum absolute atomic E-state index is 0.0665. The van der Waals surface area contributed by atoms with Crippen LogP contribution < -0.4 is 0 Å². The Morgan fingerprint density at radius 3 is 2.28 bits per heavy atom.